The van der Waals surface area contributed by atoms with Crippen LogP contribution in [-0.4, -0.2) is 17.0 Å². The Morgan fingerprint density at radius 2 is 1.95 bits per heavy atom. The van der Waals surface area contributed by atoms with Crippen molar-refractivity contribution in [2.24, 2.45) is 23.0 Å². The number of hydrogen-bond donors (Lipinski definition) is 2. The average Bonchev–Trinajstić information content (AvgIpc) is 2.95. The highest BCUT2D eigenvalue weighted by atomic mass is 16.4. The van der Waals surface area contributed by atoms with E-state index in [1.54, 1.807) is 6.92 Å². The fourth-order valence-corrected chi connectivity index (χ4v) is 4.17. The molecule has 0 aromatic heterocycles. The highest BCUT2D eigenvalue weighted by Crippen LogP contribution is 2.64. The monoisotopic (exact) mass is 271 g/mol. The quantitative estimate of drug-likeness (QED) is 0.821. The lowest BCUT2D eigenvalue weighted by Gasteiger charge is -2.42. The van der Waals surface area contributed by atoms with Crippen LogP contribution in [-0.2, 0) is 15.0 Å². The maximum Gasteiger partial charge on any atom is 0.308 e. The van der Waals surface area contributed by atoms with Gasteiger partial charge in [-0.15, -0.1) is 0 Å². The van der Waals surface area contributed by atoms with Gasteiger partial charge in [-0.05, 0) is 24.8 Å². The van der Waals surface area contributed by atoms with Crippen molar-refractivity contribution in [2.45, 2.75) is 18.8 Å². The van der Waals surface area contributed by atoms with Crippen molar-refractivity contribution in [3.8, 4) is 0 Å². The summed E-state index contributed by atoms with van der Waals surface area (Å²) < 4.78 is 0. The Hall–Kier alpha value is -2.10. The molecule has 20 heavy (non-hydrogen) atoms. The van der Waals surface area contributed by atoms with Crippen molar-refractivity contribution in [1.82, 2.24) is 0 Å². The van der Waals surface area contributed by atoms with Crippen LogP contribution in [0.1, 0.15) is 18.9 Å². The molecule has 0 aliphatic heterocycles. The van der Waals surface area contributed by atoms with Crippen molar-refractivity contribution < 1.29 is 14.7 Å². The number of benzene rings is 1. The lowest BCUT2D eigenvalue weighted by atomic mass is 9.58. The van der Waals surface area contributed by atoms with Crippen LogP contribution in [0.15, 0.2) is 42.5 Å². The number of nitrogens with two attached hydrogens (primary N) is 1. The van der Waals surface area contributed by atoms with Gasteiger partial charge in [-0.3, -0.25) is 9.59 Å². The summed E-state index contributed by atoms with van der Waals surface area (Å²) in [6.07, 6.45) is 4.54. The van der Waals surface area contributed by atoms with E-state index in [1.165, 1.54) is 0 Å². The normalized spacial score (nSPS) is 38.0. The van der Waals surface area contributed by atoms with Crippen LogP contribution in [0, 0.1) is 17.3 Å². The number of hydrogen-bond acceptors (Lipinski definition) is 2. The molecule has 1 fully saturated rings. The first kappa shape index (κ1) is 12.9. The molecule has 0 saturated heterocycles. The predicted molar refractivity (Wildman–Crippen MR) is 73.8 cm³/mol. The molecule has 4 unspecified atom stereocenters. The van der Waals surface area contributed by atoms with E-state index in [2.05, 4.69) is 0 Å². The van der Waals surface area contributed by atoms with E-state index >= 15 is 0 Å². The van der Waals surface area contributed by atoms with Gasteiger partial charge in [0.25, 0.3) is 0 Å². The smallest absolute Gasteiger partial charge is 0.308 e. The van der Waals surface area contributed by atoms with Gasteiger partial charge in [0, 0.05) is 5.41 Å². The largest absolute Gasteiger partial charge is 0.481 e. The minimum Gasteiger partial charge on any atom is -0.481 e. The van der Waals surface area contributed by atoms with E-state index in [-0.39, 0.29) is 5.92 Å². The molecule has 1 aromatic rings. The second kappa shape index (κ2) is 3.95. The standard InChI is InChI=1S/C16H17NO3/c1-15(14(17)20)12(13(18)19)10-7-8-16(15,9-10)11-5-3-2-4-6-11/h2-8,10,12H,9H2,1H3,(H2,17,20)(H,18,19). The number of fused-ring (bicyclic) bond motifs is 2. The Balaban J connectivity index is 2.23. The number of carbonyl (C=O) groups excluding carboxylic acids is 1. The van der Waals surface area contributed by atoms with E-state index in [0.29, 0.717) is 6.42 Å². The molecule has 3 rings (SSSR count). The number of aliphatic carboxylic acids is 1. The zero-order chi connectivity index (χ0) is 14.5. The predicted octanol–water partition coefficient (Wildman–Crippen LogP) is 1.71. The Kier molecular flexibility index (Phi) is 2.55. The summed E-state index contributed by atoms with van der Waals surface area (Å²) in [6, 6.07) is 9.60. The zero-order valence-corrected chi connectivity index (χ0v) is 11.2. The molecule has 1 amide bonds. The van der Waals surface area contributed by atoms with Gasteiger partial charge in [-0.1, -0.05) is 42.5 Å². The summed E-state index contributed by atoms with van der Waals surface area (Å²) in [5, 5.41) is 9.54. The van der Waals surface area contributed by atoms with Crippen LogP contribution in [0.25, 0.3) is 0 Å². The lowest BCUT2D eigenvalue weighted by Crippen LogP contribution is -2.53. The highest BCUT2D eigenvalue weighted by Gasteiger charge is 2.68. The Morgan fingerprint density at radius 3 is 2.50 bits per heavy atom. The fourth-order valence-electron chi connectivity index (χ4n) is 4.17. The molecule has 4 atom stereocenters. The van der Waals surface area contributed by atoms with Crippen molar-refractivity contribution in [2.75, 3.05) is 0 Å². The third-order valence-electron chi connectivity index (χ3n) is 5.23. The van der Waals surface area contributed by atoms with Crippen LogP contribution in [0.4, 0.5) is 0 Å². The molecule has 4 nitrogen and oxygen atoms in total. The lowest BCUT2D eigenvalue weighted by molar-refractivity contribution is -0.152. The minimum absolute atomic E-state index is 0.134. The summed E-state index contributed by atoms with van der Waals surface area (Å²) >= 11 is 0. The van der Waals surface area contributed by atoms with Crippen LogP contribution >= 0.6 is 0 Å². The summed E-state index contributed by atoms with van der Waals surface area (Å²) in [5.41, 5.74) is 4.89. The molecule has 0 radical (unpaired) electrons. The maximum atomic E-state index is 12.1. The molecule has 1 saturated carbocycles. The van der Waals surface area contributed by atoms with Gasteiger partial charge in [-0.25, -0.2) is 0 Å². The molecule has 0 heterocycles. The Bertz CT molecular complexity index is 609. The van der Waals surface area contributed by atoms with Crippen molar-refractivity contribution >= 4 is 11.9 Å². The maximum absolute atomic E-state index is 12.1. The Morgan fingerprint density at radius 1 is 1.30 bits per heavy atom. The number of allylic oxidation sites excluding steroid dienone is 2. The van der Waals surface area contributed by atoms with Crippen LogP contribution in [0.3, 0.4) is 0 Å². The van der Waals surface area contributed by atoms with Crippen molar-refractivity contribution in [1.29, 1.82) is 0 Å². The van der Waals surface area contributed by atoms with Crippen LogP contribution in [0.2, 0.25) is 0 Å². The van der Waals surface area contributed by atoms with Gasteiger partial charge in [0.2, 0.25) is 5.91 Å². The van der Waals surface area contributed by atoms with E-state index in [1.807, 2.05) is 42.5 Å². The molecule has 2 bridgehead atoms. The van der Waals surface area contributed by atoms with Crippen molar-refractivity contribution in [3.63, 3.8) is 0 Å². The van der Waals surface area contributed by atoms with Gasteiger partial charge in [0.1, 0.15) is 0 Å². The zero-order valence-electron chi connectivity index (χ0n) is 11.2. The molecular weight excluding hydrogens is 254 g/mol. The third-order valence-corrected chi connectivity index (χ3v) is 5.23. The van der Waals surface area contributed by atoms with E-state index in [9.17, 15) is 14.7 Å². The number of carbonyl (C=O) groups is 2. The van der Waals surface area contributed by atoms with Gasteiger partial charge in [0.05, 0.1) is 11.3 Å². The van der Waals surface area contributed by atoms with Crippen LogP contribution in [0.5, 0.6) is 0 Å². The fraction of sp³-hybridized carbons (Fsp3) is 0.375. The summed E-state index contributed by atoms with van der Waals surface area (Å²) in [6.45, 7) is 1.70. The second-order valence-corrected chi connectivity index (χ2v) is 5.95. The van der Waals surface area contributed by atoms with E-state index < -0.39 is 28.6 Å². The number of amides is 1. The molecule has 4 heteroatoms. The van der Waals surface area contributed by atoms with E-state index in [0.717, 1.165) is 5.56 Å². The topological polar surface area (TPSA) is 80.4 Å². The molecule has 0 spiro atoms. The van der Waals surface area contributed by atoms with E-state index in [4.69, 9.17) is 5.73 Å². The highest BCUT2D eigenvalue weighted by molar-refractivity contribution is 5.91. The second-order valence-electron chi connectivity index (χ2n) is 5.95. The number of rotatable bonds is 3. The van der Waals surface area contributed by atoms with Gasteiger partial charge < -0.3 is 10.8 Å². The first-order valence-electron chi connectivity index (χ1n) is 6.71. The summed E-state index contributed by atoms with van der Waals surface area (Å²) in [4.78, 5) is 23.8. The number of carboxylic acids is 1. The Labute approximate surface area is 117 Å². The minimum atomic E-state index is -1.10. The molecule has 104 valence electrons. The molecule has 2 aliphatic rings. The number of carboxylic acid groups (broad SMARTS) is 1. The van der Waals surface area contributed by atoms with Gasteiger partial charge >= 0.3 is 5.97 Å². The third kappa shape index (κ3) is 1.31. The molecule has 3 N–H and O–H groups in total. The summed E-state index contributed by atoms with van der Waals surface area (Å²) in [7, 11) is 0. The van der Waals surface area contributed by atoms with Crippen LogP contribution < -0.4 is 5.73 Å². The van der Waals surface area contributed by atoms with Gasteiger partial charge in [-0.2, -0.15) is 0 Å². The first-order chi connectivity index (χ1) is 9.43. The van der Waals surface area contributed by atoms with Gasteiger partial charge in [0.15, 0.2) is 0 Å². The first-order valence-corrected chi connectivity index (χ1v) is 6.71. The molecular formula is C16H17NO3. The molecule has 2 aliphatic carbocycles. The average molecular weight is 271 g/mol. The van der Waals surface area contributed by atoms with Crippen molar-refractivity contribution in [3.05, 3.63) is 48.0 Å². The molecule has 1 aromatic carbocycles. The SMILES string of the molecule is CC1(C(N)=O)C(C(=O)O)C2C=CC1(c1ccccc1)C2. The summed E-state index contributed by atoms with van der Waals surface area (Å²) in [5.74, 6) is -2.38. The number of primary amides is 1.